The van der Waals surface area contributed by atoms with Crippen LogP contribution in [0.3, 0.4) is 0 Å². The largest absolute Gasteiger partial charge is 0.573 e. The van der Waals surface area contributed by atoms with Gasteiger partial charge in [-0.25, -0.2) is 9.78 Å². The van der Waals surface area contributed by atoms with Gasteiger partial charge in [-0.05, 0) is 61.6 Å². The lowest BCUT2D eigenvalue weighted by atomic mass is 10.0. The number of hydrogen-bond acceptors (Lipinski definition) is 7. The molecule has 0 amide bonds. The van der Waals surface area contributed by atoms with Crippen LogP contribution in [0.4, 0.5) is 13.2 Å². The average Bonchev–Trinajstić information content (AvgIpc) is 3.45. The fourth-order valence-electron chi connectivity index (χ4n) is 4.33. The molecule has 2 aromatic heterocycles. The summed E-state index contributed by atoms with van der Waals surface area (Å²) in [6, 6.07) is 11.2. The summed E-state index contributed by atoms with van der Waals surface area (Å²) in [5, 5.41) is 14.3. The lowest BCUT2D eigenvalue weighted by Crippen LogP contribution is -2.17. The van der Waals surface area contributed by atoms with E-state index < -0.39 is 12.3 Å². The number of ether oxygens (including phenoxy) is 2. The van der Waals surface area contributed by atoms with Crippen molar-refractivity contribution >= 4 is 17.3 Å². The van der Waals surface area contributed by atoms with Crippen LogP contribution in [-0.2, 0) is 6.61 Å². The molecule has 0 bridgehead atoms. The summed E-state index contributed by atoms with van der Waals surface area (Å²) in [7, 11) is 0. The molecule has 0 unspecified atom stereocenters. The molecule has 4 aromatic rings. The van der Waals surface area contributed by atoms with Gasteiger partial charge in [0.1, 0.15) is 39.4 Å². The highest BCUT2D eigenvalue weighted by atomic mass is 32.1. The zero-order valence-corrected chi connectivity index (χ0v) is 22.2. The van der Waals surface area contributed by atoms with Gasteiger partial charge in [0, 0.05) is 17.0 Å². The Morgan fingerprint density at radius 3 is 2.54 bits per heavy atom. The summed E-state index contributed by atoms with van der Waals surface area (Å²) < 4.78 is 55.0. The number of nitrogens with zero attached hydrogens (tertiary/aromatic N) is 2. The highest BCUT2D eigenvalue weighted by Crippen LogP contribution is 2.46. The molecule has 1 aliphatic carbocycles. The predicted octanol–water partition coefficient (Wildman–Crippen LogP) is 7.95. The Morgan fingerprint density at radius 1 is 1.18 bits per heavy atom. The first-order valence-corrected chi connectivity index (χ1v) is 13.1. The van der Waals surface area contributed by atoms with E-state index in [9.17, 15) is 23.1 Å². The van der Waals surface area contributed by atoms with Gasteiger partial charge in [0.15, 0.2) is 0 Å². The number of carbonyl (C=O) groups is 1. The molecule has 1 fully saturated rings. The molecule has 7 nitrogen and oxygen atoms in total. The molecule has 1 aliphatic rings. The number of alkyl halides is 3. The number of carboxylic acids is 1. The lowest BCUT2D eigenvalue weighted by Gasteiger charge is -2.13. The maximum atomic E-state index is 13.0. The predicted molar refractivity (Wildman–Crippen MR) is 138 cm³/mol. The summed E-state index contributed by atoms with van der Waals surface area (Å²) in [4.78, 5) is 16.5. The minimum absolute atomic E-state index is 0.0295. The molecule has 0 spiro atoms. The third-order valence-corrected chi connectivity index (χ3v) is 7.43. The molecule has 1 saturated carbocycles. The van der Waals surface area contributed by atoms with Gasteiger partial charge >= 0.3 is 12.3 Å². The van der Waals surface area contributed by atoms with Crippen molar-refractivity contribution in [3.05, 3.63) is 69.9 Å². The van der Waals surface area contributed by atoms with Crippen LogP contribution in [0, 0.1) is 6.92 Å². The highest BCUT2D eigenvalue weighted by molar-refractivity contribution is 7.17. The number of benzene rings is 2. The third kappa shape index (κ3) is 5.78. The number of halogens is 3. The second kappa shape index (κ2) is 10.4. The molecule has 1 N–H and O–H groups in total. The second-order valence-corrected chi connectivity index (χ2v) is 10.6. The Bertz CT molecular complexity index is 1520. The van der Waals surface area contributed by atoms with E-state index in [1.54, 1.807) is 12.1 Å². The molecular formula is C28H25F3N2O5S. The first kappa shape index (κ1) is 26.7. The Labute approximate surface area is 226 Å². The number of aromatic carboxylic acids is 1. The number of carboxylic acid groups (broad SMARTS) is 1. The zero-order valence-electron chi connectivity index (χ0n) is 21.3. The van der Waals surface area contributed by atoms with E-state index in [1.165, 1.54) is 18.2 Å². The van der Waals surface area contributed by atoms with Gasteiger partial charge < -0.3 is 19.1 Å². The van der Waals surface area contributed by atoms with E-state index in [-0.39, 0.29) is 40.3 Å². The zero-order chi connectivity index (χ0) is 27.9. The van der Waals surface area contributed by atoms with Crippen molar-refractivity contribution < 1.29 is 37.1 Å². The average molecular weight is 559 g/mol. The van der Waals surface area contributed by atoms with Crippen LogP contribution < -0.4 is 9.47 Å². The topological polar surface area (TPSA) is 94.7 Å². The number of para-hydroxylation sites is 1. The molecule has 0 saturated heterocycles. The van der Waals surface area contributed by atoms with Crippen LogP contribution in [0.5, 0.6) is 11.5 Å². The minimum atomic E-state index is -4.85. The van der Waals surface area contributed by atoms with Gasteiger partial charge in [-0.1, -0.05) is 31.1 Å². The molecular weight excluding hydrogens is 533 g/mol. The van der Waals surface area contributed by atoms with Gasteiger partial charge in [0.05, 0.1) is 11.3 Å². The molecule has 5 rings (SSSR count). The first-order chi connectivity index (χ1) is 18.5. The normalized spacial score (nSPS) is 13.6. The summed E-state index contributed by atoms with van der Waals surface area (Å²) >= 11 is 1.13. The van der Waals surface area contributed by atoms with Crippen molar-refractivity contribution in [3.8, 4) is 33.3 Å². The molecule has 0 atom stereocenters. The SMILES string of the molecule is Cc1cc(OCc2c(-c3ccccc3OC(F)(F)F)noc2C2CC2)ccc1-c1nc(C(C)C)c(C(=O)O)s1. The summed E-state index contributed by atoms with van der Waals surface area (Å²) in [5.74, 6) is -0.123. The quantitative estimate of drug-likeness (QED) is 0.223. The van der Waals surface area contributed by atoms with E-state index in [1.807, 2.05) is 32.9 Å². The van der Waals surface area contributed by atoms with Crippen molar-refractivity contribution in [1.29, 1.82) is 0 Å². The lowest BCUT2D eigenvalue weighted by molar-refractivity contribution is -0.274. The van der Waals surface area contributed by atoms with Crippen LogP contribution in [0.15, 0.2) is 47.0 Å². The molecule has 0 aliphatic heterocycles. The number of hydrogen-bond donors (Lipinski definition) is 1. The molecule has 2 heterocycles. The number of aromatic nitrogens is 2. The Kier molecular flexibility index (Phi) is 7.11. The van der Waals surface area contributed by atoms with E-state index in [4.69, 9.17) is 9.26 Å². The van der Waals surface area contributed by atoms with Crippen LogP contribution in [0.1, 0.15) is 70.8 Å². The highest BCUT2D eigenvalue weighted by Gasteiger charge is 2.36. The summed E-state index contributed by atoms with van der Waals surface area (Å²) in [6.07, 6.45) is -3.05. The van der Waals surface area contributed by atoms with Gasteiger partial charge in [-0.3, -0.25) is 0 Å². The first-order valence-electron chi connectivity index (χ1n) is 12.3. The Morgan fingerprint density at radius 2 is 1.92 bits per heavy atom. The van der Waals surface area contributed by atoms with Crippen molar-refractivity contribution in [2.45, 2.75) is 58.4 Å². The van der Waals surface area contributed by atoms with Crippen LogP contribution >= 0.6 is 11.3 Å². The summed E-state index contributed by atoms with van der Waals surface area (Å²) in [6.45, 7) is 5.71. The number of rotatable bonds is 9. The molecule has 204 valence electrons. The van der Waals surface area contributed by atoms with Crippen molar-refractivity contribution in [1.82, 2.24) is 10.1 Å². The monoisotopic (exact) mass is 558 g/mol. The van der Waals surface area contributed by atoms with E-state index in [0.29, 0.717) is 27.8 Å². The number of aryl methyl sites for hydroxylation is 1. The van der Waals surface area contributed by atoms with Gasteiger partial charge in [0.25, 0.3) is 0 Å². The molecule has 2 aromatic carbocycles. The van der Waals surface area contributed by atoms with Crippen LogP contribution in [0.25, 0.3) is 21.8 Å². The van der Waals surface area contributed by atoms with E-state index in [2.05, 4.69) is 14.9 Å². The summed E-state index contributed by atoms with van der Waals surface area (Å²) in [5.41, 5.74) is 3.16. The second-order valence-electron chi connectivity index (χ2n) is 9.65. The third-order valence-electron chi connectivity index (χ3n) is 6.34. The van der Waals surface area contributed by atoms with Crippen molar-refractivity contribution in [2.75, 3.05) is 0 Å². The maximum Gasteiger partial charge on any atom is 0.573 e. The fourth-order valence-corrected chi connectivity index (χ4v) is 5.48. The number of thiazole rings is 1. The molecule has 39 heavy (non-hydrogen) atoms. The van der Waals surface area contributed by atoms with Crippen molar-refractivity contribution in [3.63, 3.8) is 0 Å². The van der Waals surface area contributed by atoms with Gasteiger partial charge in [-0.2, -0.15) is 0 Å². The molecule has 11 heteroatoms. The van der Waals surface area contributed by atoms with Crippen LogP contribution in [-0.4, -0.2) is 27.6 Å². The Balaban J connectivity index is 1.42. The van der Waals surface area contributed by atoms with E-state index in [0.717, 1.165) is 35.3 Å². The standard InChI is InChI=1S/C28H25F3N2O5S/c1-14(2)22-25(27(34)35)39-26(32-22)18-11-10-17(12-15(18)3)36-13-20-23(33-38-24(20)16-8-9-16)19-6-4-5-7-21(19)37-28(29,30)31/h4-7,10-12,14,16H,8-9,13H2,1-3H3,(H,34,35). The van der Waals surface area contributed by atoms with Gasteiger partial charge in [0.2, 0.25) is 0 Å². The fraction of sp³-hybridized carbons (Fsp3) is 0.321. The van der Waals surface area contributed by atoms with Crippen molar-refractivity contribution in [2.24, 2.45) is 0 Å². The van der Waals surface area contributed by atoms with Crippen LogP contribution in [0.2, 0.25) is 0 Å². The Hall–Kier alpha value is -3.86. The molecule has 0 radical (unpaired) electrons. The van der Waals surface area contributed by atoms with Gasteiger partial charge in [-0.15, -0.1) is 24.5 Å². The maximum absolute atomic E-state index is 13.0. The smallest absolute Gasteiger partial charge is 0.489 e. The van der Waals surface area contributed by atoms with E-state index >= 15 is 0 Å². The minimum Gasteiger partial charge on any atom is -0.489 e.